The predicted octanol–water partition coefficient (Wildman–Crippen LogP) is 1.76. The number of nitrogens with one attached hydrogen (secondary N) is 1. The minimum absolute atomic E-state index is 0.193. The van der Waals surface area contributed by atoms with Crippen LogP contribution in [-0.4, -0.2) is 16.1 Å². The number of aromatic hydroxyl groups is 1. The van der Waals surface area contributed by atoms with Crippen molar-refractivity contribution < 1.29 is 14.6 Å². The van der Waals surface area contributed by atoms with Crippen LogP contribution in [0.25, 0.3) is 0 Å². The van der Waals surface area contributed by atoms with Gasteiger partial charge in [-0.2, -0.15) is 0 Å². The van der Waals surface area contributed by atoms with Crippen LogP contribution in [0.15, 0.2) is 47.4 Å². The molecule has 104 valence electrons. The first-order chi connectivity index (χ1) is 9.65. The Morgan fingerprint density at radius 1 is 1.20 bits per heavy atom. The summed E-state index contributed by atoms with van der Waals surface area (Å²) in [5.41, 5.74) is 1.07. The summed E-state index contributed by atoms with van der Waals surface area (Å²) < 4.78 is 5.13. The second-order valence-corrected chi connectivity index (χ2v) is 4.37. The number of benzene rings is 1. The number of aromatic amines is 1. The maximum Gasteiger partial charge on any atom is 0.306 e. The van der Waals surface area contributed by atoms with E-state index >= 15 is 0 Å². The predicted molar refractivity (Wildman–Crippen MR) is 73.3 cm³/mol. The van der Waals surface area contributed by atoms with Gasteiger partial charge in [0.15, 0.2) is 5.75 Å². The molecule has 0 saturated carbocycles. The highest BCUT2D eigenvalue weighted by Gasteiger charge is 2.06. The molecule has 20 heavy (non-hydrogen) atoms. The quantitative estimate of drug-likeness (QED) is 0.813. The Morgan fingerprint density at radius 3 is 2.65 bits per heavy atom. The van der Waals surface area contributed by atoms with E-state index in [0.29, 0.717) is 12.0 Å². The van der Waals surface area contributed by atoms with Gasteiger partial charge in [-0.1, -0.05) is 30.3 Å². The maximum absolute atomic E-state index is 11.6. The van der Waals surface area contributed by atoms with Crippen molar-refractivity contribution in [1.82, 2.24) is 4.98 Å². The molecule has 1 aromatic heterocycles. The molecule has 0 amide bonds. The molecule has 0 aliphatic heterocycles. The molecular weight excluding hydrogens is 258 g/mol. The Balaban J connectivity index is 1.80. The van der Waals surface area contributed by atoms with Crippen LogP contribution in [0.1, 0.15) is 17.5 Å². The van der Waals surface area contributed by atoms with Crippen LogP contribution in [0.3, 0.4) is 0 Å². The van der Waals surface area contributed by atoms with E-state index in [1.807, 2.05) is 30.3 Å². The topological polar surface area (TPSA) is 79.4 Å². The number of aromatic nitrogens is 1. The van der Waals surface area contributed by atoms with E-state index in [9.17, 15) is 14.7 Å². The molecular formula is C15H15NO4. The van der Waals surface area contributed by atoms with Gasteiger partial charge in [0.05, 0.1) is 0 Å². The SMILES string of the molecule is O=C(CCc1c[nH]c(=O)c(O)c1)OCc1ccccc1. The second-order valence-electron chi connectivity index (χ2n) is 4.37. The number of hydrogen-bond donors (Lipinski definition) is 2. The smallest absolute Gasteiger partial charge is 0.306 e. The van der Waals surface area contributed by atoms with Crippen molar-refractivity contribution >= 4 is 5.97 Å². The van der Waals surface area contributed by atoms with Gasteiger partial charge in [0.1, 0.15) is 6.61 Å². The van der Waals surface area contributed by atoms with Crippen LogP contribution in [0, 0.1) is 0 Å². The Bertz CT molecular complexity index is 634. The fraction of sp³-hybridized carbons (Fsp3) is 0.200. The molecule has 0 bridgehead atoms. The van der Waals surface area contributed by atoms with Crippen LogP contribution < -0.4 is 5.56 Å². The van der Waals surface area contributed by atoms with E-state index in [4.69, 9.17) is 4.74 Å². The summed E-state index contributed by atoms with van der Waals surface area (Å²) in [7, 11) is 0. The summed E-state index contributed by atoms with van der Waals surface area (Å²) in [6, 6.07) is 10.8. The molecule has 0 aliphatic rings. The standard InChI is InChI=1S/C15H15NO4/c17-13-8-12(9-16-15(13)19)6-7-14(18)20-10-11-4-2-1-3-5-11/h1-5,8-9,17H,6-7,10H2,(H,16,19). The number of H-pyrrole nitrogens is 1. The van der Waals surface area contributed by atoms with Gasteiger partial charge in [0.25, 0.3) is 5.56 Å². The zero-order valence-corrected chi connectivity index (χ0v) is 10.8. The zero-order valence-electron chi connectivity index (χ0n) is 10.8. The maximum atomic E-state index is 11.6. The number of esters is 1. The van der Waals surface area contributed by atoms with E-state index in [1.54, 1.807) is 0 Å². The Hall–Kier alpha value is -2.56. The molecule has 0 aliphatic carbocycles. The third-order valence-electron chi connectivity index (χ3n) is 2.80. The number of hydrogen-bond acceptors (Lipinski definition) is 4. The van der Waals surface area contributed by atoms with Gasteiger partial charge in [0, 0.05) is 12.6 Å². The Morgan fingerprint density at radius 2 is 1.95 bits per heavy atom. The van der Waals surface area contributed by atoms with E-state index in [0.717, 1.165) is 5.56 Å². The van der Waals surface area contributed by atoms with Crippen LogP contribution in [0.5, 0.6) is 5.75 Å². The minimum Gasteiger partial charge on any atom is -0.503 e. The number of ether oxygens (including phenoxy) is 1. The highest BCUT2D eigenvalue weighted by atomic mass is 16.5. The van der Waals surface area contributed by atoms with Crippen LogP contribution in [-0.2, 0) is 22.6 Å². The first kappa shape index (κ1) is 13.9. The molecule has 2 rings (SSSR count). The lowest BCUT2D eigenvalue weighted by atomic mass is 10.1. The average Bonchev–Trinajstić information content (AvgIpc) is 2.47. The minimum atomic E-state index is -0.541. The Labute approximate surface area is 115 Å². The van der Waals surface area contributed by atoms with Crippen LogP contribution in [0.4, 0.5) is 0 Å². The van der Waals surface area contributed by atoms with Crippen molar-refractivity contribution in [3.63, 3.8) is 0 Å². The lowest BCUT2D eigenvalue weighted by Crippen LogP contribution is -2.08. The molecule has 0 atom stereocenters. The monoisotopic (exact) mass is 273 g/mol. The van der Waals surface area contributed by atoms with E-state index in [2.05, 4.69) is 4.98 Å². The summed E-state index contributed by atoms with van der Waals surface area (Å²) >= 11 is 0. The van der Waals surface area contributed by atoms with Gasteiger partial charge in [-0.25, -0.2) is 0 Å². The lowest BCUT2D eigenvalue weighted by Gasteiger charge is -2.05. The largest absolute Gasteiger partial charge is 0.503 e. The van der Waals surface area contributed by atoms with Crippen molar-refractivity contribution in [2.24, 2.45) is 0 Å². The second kappa shape index (κ2) is 6.56. The third-order valence-corrected chi connectivity index (χ3v) is 2.80. The van der Waals surface area contributed by atoms with Gasteiger partial charge < -0.3 is 14.8 Å². The zero-order chi connectivity index (χ0) is 14.4. The molecule has 1 heterocycles. The first-order valence-corrected chi connectivity index (χ1v) is 6.25. The molecule has 2 N–H and O–H groups in total. The summed E-state index contributed by atoms with van der Waals surface area (Å²) in [5, 5.41) is 9.26. The third kappa shape index (κ3) is 3.98. The molecule has 0 radical (unpaired) electrons. The number of carbonyl (C=O) groups is 1. The van der Waals surface area contributed by atoms with Gasteiger partial charge in [-0.3, -0.25) is 9.59 Å². The number of aryl methyl sites for hydroxylation is 1. The van der Waals surface area contributed by atoms with Crippen molar-refractivity contribution in [2.75, 3.05) is 0 Å². The highest BCUT2D eigenvalue weighted by molar-refractivity contribution is 5.69. The normalized spacial score (nSPS) is 10.2. The molecule has 0 saturated heterocycles. The van der Waals surface area contributed by atoms with Crippen molar-refractivity contribution in [3.05, 3.63) is 64.1 Å². The van der Waals surface area contributed by atoms with E-state index < -0.39 is 5.56 Å². The fourth-order valence-electron chi connectivity index (χ4n) is 1.72. The molecule has 5 nitrogen and oxygen atoms in total. The van der Waals surface area contributed by atoms with Crippen molar-refractivity contribution in [3.8, 4) is 5.75 Å². The lowest BCUT2D eigenvalue weighted by molar-refractivity contribution is -0.144. The Kier molecular flexibility index (Phi) is 4.55. The highest BCUT2D eigenvalue weighted by Crippen LogP contribution is 2.08. The van der Waals surface area contributed by atoms with E-state index in [-0.39, 0.29) is 24.7 Å². The molecule has 1 aromatic carbocycles. The van der Waals surface area contributed by atoms with E-state index in [1.165, 1.54) is 12.3 Å². The van der Waals surface area contributed by atoms with Gasteiger partial charge in [-0.05, 0) is 23.6 Å². The summed E-state index contributed by atoms with van der Waals surface area (Å²) in [6.07, 6.45) is 2.07. The van der Waals surface area contributed by atoms with Crippen molar-refractivity contribution in [1.29, 1.82) is 0 Å². The fourth-order valence-corrected chi connectivity index (χ4v) is 1.72. The molecule has 0 unspecified atom stereocenters. The summed E-state index contributed by atoms with van der Waals surface area (Å²) in [4.78, 5) is 24.9. The molecule has 2 aromatic rings. The average molecular weight is 273 g/mol. The summed E-state index contributed by atoms with van der Waals surface area (Å²) in [6.45, 7) is 0.247. The molecule has 0 spiro atoms. The molecule has 0 fully saturated rings. The number of rotatable bonds is 5. The number of pyridine rings is 1. The molecule has 5 heteroatoms. The number of carbonyl (C=O) groups excluding carboxylic acids is 1. The van der Waals surface area contributed by atoms with Crippen LogP contribution in [0.2, 0.25) is 0 Å². The first-order valence-electron chi connectivity index (χ1n) is 6.25. The van der Waals surface area contributed by atoms with Crippen LogP contribution >= 0.6 is 0 Å². The van der Waals surface area contributed by atoms with Gasteiger partial charge in [-0.15, -0.1) is 0 Å². The summed E-state index contributed by atoms with van der Waals surface area (Å²) in [5.74, 6) is -0.667. The van der Waals surface area contributed by atoms with Crippen molar-refractivity contribution in [2.45, 2.75) is 19.4 Å². The van der Waals surface area contributed by atoms with Gasteiger partial charge >= 0.3 is 5.97 Å². The van der Waals surface area contributed by atoms with Gasteiger partial charge in [0.2, 0.25) is 0 Å².